The lowest BCUT2D eigenvalue weighted by molar-refractivity contribution is 0.262. The Kier molecular flexibility index (Phi) is 2.33. The van der Waals surface area contributed by atoms with E-state index in [1.54, 1.807) is 0 Å². The fraction of sp³-hybridized carbons (Fsp3) is 0.429. The maximum Gasteiger partial charge on any atom is 0.0610 e. The van der Waals surface area contributed by atoms with Gasteiger partial charge < -0.3 is 10.0 Å². The molecule has 1 heterocycles. The monoisotopic (exact) mass is 125 g/mol. The molecule has 1 aliphatic heterocycles. The fourth-order valence-corrected chi connectivity index (χ4v) is 0.785. The summed E-state index contributed by atoms with van der Waals surface area (Å²) >= 11 is 0. The first-order chi connectivity index (χ1) is 4.43. The third-order valence-electron chi connectivity index (χ3n) is 1.22. The van der Waals surface area contributed by atoms with Crippen LogP contribution >= 0.6 is 0 Å². The fourth-order valence-electron chi connectivity index (χ4n) is 0.785. The molecular weight excluding hydrogens is 114 g/mol. The lowest BCUT2D eigenvalue weighted by atomic mass is 10.3. The van der Waals surface area contributed by atoms with Crippen molar-refractivity contribution < 1.29 is 5.11 Å². The van der Waals surface area contributed by atoms with Crippen molar-refractivity contribution in [3.05, 3.63) is 24.6 Å². The van der Waals surface area contributed by atoms with Gasteiger partial charge in [0, 0.05) is 6.54 Å². The molecular formula is C7H11NO. The van der Waals surface area contributed by atoms with Crippen LogP contribution in [0.2, 0.25) is 0 Å². The second kappa shape index (κ2) is 3.30. The molecule has 0 saturated heterocycles. The summed E-state index contributed by atoms with van der Waals surface area (Å²) in [5.74, 6) is 0. The number of nitrogens with zero attached hydrogens (tertiary/aromatic N) is 1. The molecule has 0 aromatic carbocycles. The third-order valence-corrected chi connectivity index (χ3v) is 1.22. The van der Waals surface area contributed by atoms with E-state index in [4.69, 9.17) is 5.11 Å². The van der Waals surface area contributed by atoms with Gasteiger partial charge in [-0.05, 0) is 18.8 Å². The zero-order valence-corrected chi connectivity index (χ0v) is 5.33. The van der Waals surface area contributed by atoms with Crippen LogP contribution in [0, 0.1) is 0 Å². The molecule has 0 spiro atoms. The minimum absolute atomic E-state index is 0.217. The van der Waals surface area contributed by atoms with E-state index in [1.807, 2.05) is 17.3 Å². The van der Waals surface area contributed by atoms with Gasteiger partial charge in [0.2, 0.25) is 0 Å². The molecule has 50 valence electrons. The van der Waals surface area contributed by atoms with E-state index in [2.05, 4.69) is 12.2 Å². The summed E-state index contributed by atoms with van der Waals surface area (Å²) < 4.78 is 0. The van der Waals surface area contributed by atoms with Gasteiger partial charge in [-0.1, -0.05) is 12.2 Å². The highest BCUT2D eigenvalue weighted by atomic mass is 16.3. The predicted molar refractivity (Wildman–Crippen MR) is 36.7 cm³/mol. The quantitative estimate of drug-likeness (QED) is 0.587. The number of allylic oxidation sites excluding steroid dienone is 2. The smallest absolute Gasteiger partial charge is 0.0610 e. The number of hydrogen-bond acceptors (Lipinski definition) is 2. The Morgan fingerprint density at radius 3 is 2.56 bits per heavy atom. The highest BCUT2D eigenvalue weighted by Gasteiger charge is 1.93. The molecule has 1 aliphatic rings. The number of hydrogen-bond donors (Lipinski definition) is 1. The average Bonchev–Trinajstić information content (AvgIpc) is 1.91. The Hall–Kier alpha value is -0.760. The topological polar surface area (TPSA) is 23.5 Å². The minimum Gasteiger partial charge on any atom is -0.395 e. The minimum atomic E-state index is 0.217. The van der Waals surface area contributed by atoms with E-state index >= 15 is 0 Å². The largest absolute Gasteiger partial charge is 0.395 e. The van der Waals surface area contributed by atoms with Crippen molar-refractivity contribution in [2.24, 2.45) is 0 Å². The molecule has 9 heavy (non-hydrogen) atoms. The van der Waals surface area contributed by atoms with Crippen LogP contribution in [-0.2, 0) is 0 Å². The summed E-state index contributed by atoms with van der Waals surface area (Å²) in [4.78, 5) is 1.96. The summed E-state index contributed by atoms with van der Waals surface area (Å²) in [6.07, 6.45) is 9.11. The van der Waals surface area contributed by atoms with Gasteiger partial charge in [0.05, 0.1) is 6.61 Å². The van der Waals surface area contributed by atoms with E-state index in [-0.39, 0.29) is 6.61 Å². The van der Waals surface area contributed by atoms with Gasteiger partial charge in [-0.3, -0.25) is 0 Å². The van der Waals surface area contributed by atoms with Gasteiger partial charge in [0.1, 0.15) is 0 Å². The number of aliphatic hydroxyl groups excluding tert-OH is 1. The summed E-state index contributed by atoms with van der Waals surface area (Å²) in [5.41, 5.74) is 0. The number of β-amino-alcohol motifs (C(OH)–C–C–N with tert-alkyl or cyclic N) is 1. The van der Waals surface area contributed by atoms with Crippen molar-refractivity contribution in [3.63, 3.8) is 0 Å². The molecule has 0 bridgehead atoms. The van der Waals surface area contributed by atoms with Crippen molar-refractivity contribution in [2.45, 2.75) is 6.42 Å². The lowest BCUT2D eigenvalue weighted by Crippen LogP contribution is -2.15. The summed E-state index contributed by atoms with van der Waals surface area (Å²) in [7, 11) is 0. The van der Waals surface area contributed by atoms with E-state index in [1.165, 1.54) is 0 Å². The molecule has 0 aliphatic carbocycles. The second-order valence-corrected chi connectivity index (χ2v) is 1.97. The number of aliphatic hydroxyl groups is 1. The molecule has 0 aromatic rings. The molecule has 0 amide bonds. The first-order valence-electron chi connectivity index (χ1n) is 3.13. The molecule has 1 rings (SSSR count). The lowest BCUT2D eigenvalue weighted by Gasteiger charge is -2.15. The maximum absolute atomic E-state index is 8.51. The maximum atomic E-state index is 8.51. The molecule has 0 saturated carbocycles. The molecule has 0 unspecified atom stereocenters. The molecule has 2 nitrogen and oxygen atoms in total. The standard InChI is InChI=1S/C7H11NO/c9-7-6-8-4-2-1-3-5-8/h2-5,9H,1,6-7H2. The second-order valence-electron chi connectivity index (χ2n) is 1.97. The Balaban J connectivity index is 2.31. The van der Waals surface area contributed by atoms with Crippen LogP contribution in [0.3, 0.4) is 0 Å². The van der Waals surface area contributed by atoms with Crippen LogP contribution in [0.15, 0.2) is 24.6 Å². The number of rotatable bonds is 2. The zero-order valence-electron chi connectivity index (χ0n) is 5.33. The molecule has 1 N–H and O–H groups in total. The van der Waals surface area contributed by atoms with E-state index in [0.29, 0.717) is 6.54 Å². The highest BCUT2D eigenvalue weighted by molar-refractivity contribution is 5.01. The van der Waals surface area contributed by atoms with Crippen LogP contribution < -0.4 is 0 Å². The van der Waals surface area contributed by atoms with Crippen LogP contribution in [0.1, 0.15) is 6.42 Å². The van der Waals surface area contributed by atoms with Gasteiger partial charge >= 0.3 is 0 Å². The molecule has 0 aromatic heterocycles. The Morgan fingerprint density at radius 1 is 1.33 bits per heavy atom. The molecule has 0 atom stereocenters. The van der Waals surface area contributed by atoms with E-state index in [0.717, 1.165) is 6.42 Å². The first kappa shape index (κ1) is 6.36. The van der Waals surface area contributed by atoms with Crippen molar-refractivity contribution >= 4 is 0 Å². The Morgan fingerprint density at radius 2 is 2.00 bits per heavy atom. The van der Waals surface area contributed by atoms with Gasteiger partial charge in [-0.15, -0.1) is 0 Å². The average molecular weight is 125 g/mol. The van der Waals surface area contributed by atoms with E-state index in [9.17, 15) is 0 Å². The summed E-state index contributed by atoms with van der Waals surface area (Å²) in [6, 6.07) is 0. The zero-order chi connectivity index (χ0) is 6.53. The van der Waals surface area contributed by atoms with Gasteiger partial charge in [0.15, 0.2) is 0 Å². The van der Waals surface area contributed by atoms with E-state index < -0.39 is 0 Å². The van der Waals surface area contributed by atoms with Crippen molar-refractivity contribution in [1.29, 1.82) is 0 Å². The predicted octanol–water partition coefficient (Wildman–Crippen LogP) is 0.712. The normalized spacial score (nSPS) is 16.8. The van der Waals surface area contributed by atoms with Crippen LogP contribution in [-0.4, -0.2) is 23.2 Å². The SMILES string of the molecule is OCCN1C=CCC=C1. The summed E-state index contributed by atoms with van der Waals surface area (Å²) in [6.45, 7) is 0.918. The van der Waals surface area contributed by atoms with Gasteiger partial charge in [-0.2, -0.15) is 0 Å². The third kappa shape index (κ3) is 1.90. The van der Waals surface area contributed by atoms with Gasteiger partial charge in [-0.25, -0.2) is 0 Å². The molecule has 2 heteroatoms. The summed E-state index contributed by atoms with van der Waals surface area (Å²) in [5, 5.41) is 8.51. The van der Waals surface area contributed by atoms with Gasteiger partial charge in [0.25, 0.3) is 0 Å². The van der Waals surface area contributed by atoms with Crippen molar-refractivity contribution in [2.75, 3.05) is 13.2 Å². The van der Waals surface area contributed by atoms with Crippen LogP contribution in [0.4, 0.5) is 0 Å². The Bertz CT molecular complexity index is 117. The Labute approximate surface area is 55.1 Å². The molecule has 0 fully saturated rings. The molecule has 0 radical (unpaired) electrons. The van der Waals surface area contributed by atoms with Crippen molar-refractivity contribution in [3.8, 4) is 0 Å². The first-order valence-corrected chi connectivity index (χ1v) is 3.13. The van der Waals surface area contributed by atoms with Crippen LogP contribution in [0.25, 0.3) is 0 Å². The van der Waals surface area contributed by atoms with Crippen LogP contribution in [0.5, 0.6) is 0 Å². The highest BCUT2D eigenvalue weighted by Crippen LogP contribution is 2.00. The van der Waals surface area contributed by atoms with Crippen molar-refractivity contribution in [1.82, 2.24) is 4.90 Å².